The number of benzene rings is 1. The molecule has 0 bridgehead atoms. The number of aromatic amines is 1. The summed E-state index contributed by atoms with van der Waals surface area (Å²) in [6.45, 7) is 2.80. The van der Waals surface area contributed by atoms with Crippen LogP contribution >= 0.6 is 0 Å². The number of rotatable bonds is 0. The molecule has 19 heavy (non-hydrogen) atoms. The maximum Gasteiger partial charge on any atom is 0.226 e. The van der Waals surface area contributed by atoms with Crippen molar-refractivity contribution in [3.8, 4) is 5.75 Å². The molecule has 2 aromatic rings. The third-order valence-electron chi connectivity index (χ3n) is 4.52. The molecule has 2 aliphatic rings. The number of hydrogen-bond donors (Lipinski definition) is 2. The van der Waals surface area contributed by atoms with Gasteiger partial charge >= 0.3 is 0 Å². The number of aromatic nitrogens is 1. The Bertz CT molecular complexity index is 689. The number of phenolic OH excluding ortho intramolecular Hbond substituents is 1. The van der Waals surface area contributed by atoms with Gasteiger partial charge in [0.2, 0.25) is 5.91 Å². The second kappa shape index (κ2) is 3.53. The van der Waals surface area contributed by atoms with Crippen LogP contribution in [-0.4, -0.2) is 27.4 Å². The lowest BCUT2D eigenvalue weighted by Gasteiger charge is -2.29. The van der Waals surface area contributed by atoms with Crippen LogP contribution in [0.2, 0.25) is 0 Å². The minimum absolute atomic E-state index is 0.121. The first kappa shape index (κ1) is 10.9. The van der Waals surface area contributed by atoms with Crippen LogP contribution in [-0.2, 0) is 11.2 Å². The van der Waals surface area contributed by atoms with Crippen molar-refractivity contribution in [3.05, 3.63) is 29.5 Å². The Morgan fingerprint density at radius 2 is 2.26 bits per heavy atom. The lowest BCUT2D eigenvalue weighted by atomic mass is 9.96. The summed E-state index contributed by atoms with van der Waals surface area (Å²) in [5.74, 6) is 0.695. The van der Waals surface area contributed by atoms with Crippen molar-refractivity contribution in [1.82, 2.24) is 9.88 Å². The van der Waals surface area contributed by atoms with E-state index in [-0.39, 0.29) is 17.9 Å². The first-order valence-electron chi connectivity index (χ1n) is 6.79. The lowest BCUT2D eigenvalue weighted by molar-refractivity contribution is -0.131. The van der Waals surface area contributed by atoms with Gasteiger partial charge in [-0.1, -0.05) is 6.92 Å². The molecule has 1 amide bonds. The van der Waals surface area contributed by atoms with Gasteiger partial charge in [-0.25, -0.2) is 0 Å². The van der Waals surface area contributed by atoms with Gasteiger partial charge in [-0.3, -0.25) is 4.79 Å². The zero-order valence-corrected chi connectivity index (χ0v) is 10.8. The number of fused-ring (bicyclic) bond motifs is 5. The lowest BCUT2D eigenvalue weighted by Crippen LogP contribution is -2.34. The quantitative estimate of drug-likeness (QED) is 0.760. The molecule has 0 spiro atoms. The van der Waals surface area contributed by atoms with Crippen LogP contribution in [0.3, 0.4) is 0 Å². The van der Waals surface area contributed by atoms with Crippen LogP contribution in [0.15, 0.2) is 18.2 Å². The summed E-state index contributed by atoms with van der Waals surface area (Å²) in [6.07, 6.45) is 1.76. The van der Waals surface area contributed by atoms with Crippen molar-refractivity contribution in [3.63, 3.8) is 0 Å². The second-order valence-electron chi connectivity index (χ2n) is 5.68. The highest BCUT2D eigenvalue weighted by molar-refractivity contribution is 5.88. The minimum Gasteiger partial charge on any atom is -0.508 e. The summed E-state index contributed by atoms with van der Waals surface area (Å²) in [7, 11) is 0. The molecular weight excluding hydrogens is 240 g/mol. The Morgan fingerprint density at radius 1 is 1.42 bits per heavy atom. The largest absolute Gasteiger partial charge is 0.508 e. The van der Waals surface area contributed by atoms with Crippen molar-refractivity contribution in [2.75, 3.05) is 6.54 Å². The van der Waals surface area contributed by atoms with Gasteiger partial charge in [0.1, 0.15) is 5.75 Å². The van der Waals surface area contributed by atoms with E-state index < -0.39 is 0 Å². The summed E-state index contributed by atoms with van der Waals surface area (Å²) in [5.41, 5.74) is 3.50. The molecule has 2 N–H and O–H groups in total. The number of nitrogens with one attached hydrogen (secondary N) is 1. The average molecular weight is 256 g/mol. The maximum atomic E-state index is 12.1. The van der Waals surface area contributed by atoms with Crippen LogP contribution in [0, 0.1) is 5.92 Å². The van der Waals surface area contributed by atoms with Crippen LogP contribution in [0.5, 0.6) is 5.75 Å². The van der Waals surface area contributed by atoms with Gasteiger partial charge in [-0.2, -0.15) is 0 Å². The molecule has 4 nitrogen and oxygen atoms in total. The predicted molar refractivity (Wildman–Crippen MR) is 71.9 cm³/mol. The topological polar surface area (TPSA) is 56.3 Å². The first-order chi connectivity index (χ1) is 9.15. The molecule has 4 heteroatoms. The van der Waals surface area contributed by atoms with E-state index in [1.165, 1.54) is 11.3 Å². The fourth-order valence-corrected chi connectivity index (χ4v) is 3.58. The predicted octanol–water partition coefficient (Wildman–Crippen LogP) is 2.34. The van der Waals surface area contributed by atoms with Gasteiger partial charge in [0, 0.05) is 29.1 Å². The first-order valence-corrected chi connectivity index (χ1v) is 6.79. The van der Waals surface area contributed by atoms with E-state index >= 15 is 0 Å². The minimum atomic E-state index is 0.121. The molecule has 0 saturated carbocycles. The normalized spacial score (nSPS) is 25.7. The monoisotopic (exact) mass is 256 g/mol. The zero-order valence-electron chi connectivity index (χ0n) is 10.8. The Hall–Kier alpha value is -1.97. The molecule has 98 valence electrons. The van der Waals surface area contributed by atoms with Crippen molar-refractivity contribution in [2.24, 2.45) is 5.92 Å². The summed E-state index contributed by atoms with van der Waals surface area (Å²) in [6, 6.07) is 5.62. The van der Waals surface area contributed by atoms with Crippen molar-refractivity contribution >= 4 is 16.8 Å². The number of nitrogens with zero attached hydrogens (tertiary/aromatic N) is 1. The number of carbonyl (C=O) groups excluding carboxylic acids is 1. The number of H-pyrrole nitrogens is 1. The third-order valence-corrected chi connectivity index (χ3v) is 4.52. The Kier molecular flexibility index (Phi) is 2.03. The standard InChI is InChI=1S/C15H16N2O2/c1-8-6-13-14-10(4-5-17(13)15(8)19)11-7-9(18)2-3-12(11)16-14/h2-3,7-8,13,16,18H,4-6H2,1H3/t8-,13-/m0/s1. The highest BCUT2D eigenvalue weighted by Gasteiger charge is 2.41. The van der Waals surface area contributed by atoms with E-state index in [4.69, 9.17) is 0 Å². The van der Waals surface area contributed by atoms with E-state index in [1.807, 2.05) is 24.0 Å². The molecule has 1 aromatic carbocycles. The van der Waals surface area contributed by atoms with Crippen LogP contribution in [0.4, 0.5) is 0 Å². The number of phenols is 1. The second-order valence-corrected chi connectivity index (χ2v) is 5.68. The van der Waals surface area contributed by atoms with Gasteiger partial charge in [0.25, 0.3) is 0 Å². The van der Waals surface area contributed by atoms with Gasteiger partial charge < -0.3 is 15.0 Å². The number of hydrogen-bond acceptors (Lipinski definition) is 2. The molecule has 0 aliphatic carbocycles. The van der Waals surface area contributed by atoms with Gasteiger partial charge in [0.15, 0.2) is 0 Å². The fourth-order valence-electron chi connectivity index (χ4n) is 3.58. The van der Waals surface area contributed by atoms with Crippen LogP contribution in [0.1, 0.15) is 30.6 Å². The highest BCUT2D eigenvalue weighted by Crippen LogP contribution is 2.43. The third kappa shape index (κ3) is 1.37. The highest BCUT2D eigenvalue weighted by atomic mass is 16.3. The van der Waals surface area contributed by atoms with Gasteiger partial charge in [-0.05, 0) is 36.6 Å². The van der Waals surface area contributed by atoms with Gasteiger partial charge in [0.05, 0.1) is 6.04 Å². The molecule has 0 radical (unpaired) electrons. The average Bonchev–Trinajstić information content (AvgIpc) is 2.89. The number of amides is 1. The van der Waals surface area contributed by atoms with E-state index in [0.717, 1.165) is 30.3 Å². The van der Waals surface area contributed by atoms with E-state index in [9.17, 15) is 9.90 Å². The Labute approximate surface area is 111 Å². The van der Waals surface area contributed by atoms with Crippen molar-refractivity contribution in [2.45, 2.75) is 25.8 Å². The molecule has 0 unspecified atom stereocenters. The molecule has 4 rings (SSSR count). The Morgan fingerprint density at radius 3 is 3.11 bits per heavy atom. The smallest absolute Gasteiger partial charge is 0.226 e. The number of aromatic hydroxyl groups is 1. The molecule has 2 aliphatic heterocycles. The summed E-state index contributed by atoms with van der Waals surface area (Å²) in [5, 5.41) is 10.7. The molecule has 1 aromatic heterocycles. The Balaban J connectivity index is 1.91. The zero-order chi connectivity index (χ0) is 13.1. The maximum absolute atomic E-state index is 12.1. The van der Waals surface area contributed by atoms with Gasteiger partial charge in [-0.15, -0.1) is 0 Å². The van der Waals surface area contributed by atoms with E-state index in [1.54, 1.807) is 6.07 Å². The molecule has 1 saturated heterocycles. The fraction of sp³-hybridized carbons (Fsp3) is 0.400. The van der Waals surface area contributed by atoms with E-state index in [2.05, 4.69) is 4.98 Å². The molecule has 2 atom stereocenters. The molecule has 1 fully saturated rings. The molecular formula is C15H16N2O2. The van der Waals surface area contributed by atoms with Crippen molar-refractivity contribution < 1.29 is 9.90 Å². The summed E-state index contributed by atoms with van der Waals surface area (Å²) >= 11 is 0. The van der Waals surface area contributed by atoms with Crippen LogP contribution < -0.4 is 0 Å². The summed E-state index contributed by atoms with van der Waals surface area (Å²) < 4.78 is 0. The SMILES string of the molecule is C[C@H]1C[C@H]2c3[nH]c4ccc(O)cc4c3CCN2C1=O. The van der Waals surface area contributed by atoms with Crippen molar-refractivity contribution in [1.29, 1.82) is 0 Å². The van der Waals surface area contributed by atoms with Crippen LogP contribution in [0.25, 0.3) is 10.9 Å². The summed E-state index contributed by atoms with van der Waals surface area (Å²) in [4.78, 5) is 17.5. The number of carbonyl (C=O) groups is 1. The molecule has 3 heterocycles. The van der Waals surface area contributed by atoms with E-state index in [0.29, 0.717) is 5.75 Å².